The number of amides is 1. The van der Waals surface area contributed by atoms with Crippen LogP contribution in [0, 0.1) is 13.8 Å². The minimum Gasteiger partial charge on any atom is -0.467 e. The maximum absolute atomic E-state index is 12.1. The Morgan fingerprint density at radius 3 is 2.44 bits per heavy atom. The number of hydrogen-bond acceptors (Lipinski definition) is 4. The topological polar surface area (TPSA) is 79.6 Å². The highest BCUT2D eigenvalue weighted by molar-refractivity contribution is 7.92. The third-order valence-electron chi connectivity index (χ3n) is 3.70. The molecule has 0 saturated heterocycles. The molecule has 1 aromatic carbocycles. The molecule has 1 amide bonds. The quantitative estimate of drug-likeness (QED) is 0.781. The van der Waals surface area contributed by atoms with Crippen LogP contribution in [0.25, 0.3) is 0 Å². The average Bonchev–Trinajstić information content (AvgIpc) is 3.00. The Labute approximate surface area is 148 Å². The molecule has 25 heavy (non-hydrogen) atoms. The van der Waals surface area contributed by atoms with Crippen molar-refractivity contribution in [2.45, 2.75) is 33.2 Å². The Balaban J connectivity index is 1.93. The fourth-order valence-corrected chi connectivity index (χ4v) is 3.60. The van der Waals surface area contributed by atoms with E-state index in [9.17, 15) is 13.2 Å². The molecule has 1 N–H and O–H groups in total. The highest BCUT2D eigenvalue weighted by Crippen LogP contribution is 2.21. The summed E-state index contributed by atoms with van der Waals surface area (Å²) in [6.07, 6.45) is 3.42. The van der Waals surface area contributed by atoms with Gasteiger partial charge in [-0.15, -0.1) is 0 Å². The van der Waals surface area contributed by atoms with E-state index in [1.165, 1.54) is 10.6 Å². The molecule has 0 aliphatic carbocycles. The van der Waals surface area contributed by atoms with Crippen LogP contribution in [0.5, 0.6) is 0 Å². The van der Waals surface area contributed by atoms with Crippen molar-refractivity contribution >= 4 is 21.6 Å². The Morgan fingerprint density at radius 2 is 1.88 bits per heavy atom. The van der Waals surface area contributed by atoms with Gasteiger partial charge in [0.05, 0.1) is 24.8 Å². The largest absolute Gasteiger partial charge is 0.467 e. The van der Waals surface area contributed by atoms with Crippen LogP contribution in [0.2, 0.25) is 0 Å². The molecule has 0 spiro atoms. The molecule has 0 aliphatic rings. The maximum Gasteiger partial charge on any atom is 0.232 e. The molecule has 0 fully saturated rings. The molecule has 0 saturated carbocycles. The van der Waals surface area contributed by atoms with Gasteiger partial charge in [-0.3, -0.25) is 9.10 Å². The number of rotatable bonds is 8. The fraction of sp³-hybridized carbons (Fsp3) is 0.389. The van der Waals surface area contributed by atoms with Crippen molar-refractivity contribution in [2.75, 3.05) is 17.1 Å². The van der Waals surface area contributed by atoms with Gasteiger partial charge < -0.3 is 9.73 Å². The lowest BCUT2D eigenvalue weighted by molar-refractivity contribution is -0.121. The second-order valence-corrected chi connectivity index (χ2v) is 8.05. The molecule has 0 radical (unpaired) electrons. The van der Waals surface area contributed by atoms with Crippen molar-refractivity contribution in [3.63, 3.8) is 0 Å². The van der Waals surface area contributed by atoms with Gasteiger partial charge in [-0.1, -0.05) is 6.07 Å². The lowest BCUT2D eigenvalue weighted by atomic mass is 10.1. The van der Waals surface area contributed by atoms with Crippen molar-refractivity contribution < 1.29 is 17.6 Å². The summed E-state index contributed by atoms with van der Waals surface area (Å²) in [7, 11) is -3.41. The van der Waals surface area contributed by atoms with Crippen molar-refractivity contribution in [1.82, 2.24) is 5.32 Å². The molecule has 7 heteroatoms. The van der Waals surface area contributed by atoms with Gasteiger partial charge in [-0.25, -0.2) is 8.42 Å². The van der Waals surface area contributed by atoms with Crippen LogP contribution in [0.1, 0.15) is 29.7 Å². The smallest absolute Gasteiger partial charge is 0.232 e. The number of sulfonamides is 1. The van der Waals surface area contributed by atoms with Gasteiger partial charge in [0.15, 0.2) is 0 Å². The summed E-state index contributed by atoms with van der Waals surface area (Å²) < 4.78 is 30.8. The molecule has 0 unspecified atom stereocenters. The second-order valence-electron chi connectivity index (χ2n) is 6.14. The summed E-state index contributed by atoms with van der Waals surface area (Å²) in [5.41, 5.74) is 2.63. The molecule has 1 heterocycles. The minimum absolute atomic E-state index is 0.134. The van der Waals surface area contributed by atoms with E-state index in [1.807, 2.05) is 32.0 Å². The first-order chi connectivity index (χ1) is 11.8. The van der Waals surface area contributed by atoms with Crippen molar-refractivity contribution in [1.29, 1.82) is 0 Å². The summed E-state index contributed by atoms with van der Waals surface area (Å²) in [5, 5.41) is 2.75. The van der Waals surface area contributed by atoms with Crippen LogP contribution >= 0.6 is 0 Å². The van der Waals surface area contributed by atoms with Crippen LogP contribution < -0.4 is 9.62 Å². The first kappa shape index (κ1) is 19.1. The first-order valence-corrected chi connectivity index (χ1v) is 9.95. The molecule has 2 rings (SSSR count). The minimum atomic E-state index is -3.41. The molecular weight excluding hydrogens is 340 g/mol. The van der Waals surface area contributed by atoms with Gasteiger partial charge in [0.2, 0.25) is 15.9 Å². The van der Waals surface area contributed by atoms with Crippen LogP contribution in [0.15, 0.2) is 41.0 Å². The Hall–Kier alpha value is -2.28. The van der Waals surface area contributed by atoms with E-state index >= 15 is 0 Å². The van der Waals surface area contributed by atoms with Crippen LogP contribution in [-0.2, 0) is 21.4 Å². The normalized spacial score (nSPS) is 11.3. The van der Waals surface area contributed by atoms with Crippen molar-refractivity contribution in [2.24, 2.45) is 0 Å². The fourth-order valence-electron chi connectivity index (χ4n) is 2.65. The molecule has 136 valence electrons. The number of furan rings is 1. The zero-order chi connectivity index (χ0) is 18.4. The molecular formula is C18H24N2O4S. The molecule has 0 atom stereocenters. The van der Waals surface area contributed by atoms with E-state index in [0.29, 0.717) is 24.4 Å². The Kier molecular flexibility index (Phi) is 6.25. The first-order valence-electron chi connectivity index (χ1n) is 8.11. The van der Waals surface area contributed by atoms with E-state index in [2.05, 4.69) is 5.32 Å². The van der Waals surface area contributed by atoms with Crippen molar-refractivity contribution in [3.8, 4) is 0 Å². The third kappa shape index (κ3) is 5.94. The summed E-state index contributed by atoms with van der Waals surface area (Å²) >= 11 is 0. The molecule has 6 nitrogen and oxygen atoms in total. The standard InChI is InChI=1S/C18H24N2O4S/c1-14-10-15(2)12-16(11-14)20(25(3,22)23)8-4-7-18(21)19-13-17-6-5-9-24-17/h5-6,9-12H,4,7-8,13H2,1-3H3,(H,19,21). The number of nitrogens with zero attached hydrogens (tertiary/aromatic N) is 1. The van der Waals surface area contributed by atoms with E-state index in [-0.39, 0.29) is 18.9 Å². The summed E-state index contributed by atoms with van der Waals surface area (Å²) in [6.45, 7) is 4.45. The molecule has 2 aromatic rings. The van der Waals surface area contributed by atoms with E-state index in [0.717, 1.165) is 11.1 Å². The summed E-state index contributed by atoms with van der Waals surface area (Å²) in [5.74, 6) is 0.548. The average molecular weight is 364 g/mol. The van der Waals surface area contributed by atoms with E-state index in [4.69, 9.17) is 4.42 Å². The van der Waals surface area contributed by atoms with E-state index < -0.39 is 10.0 Å². The number of nitrogens with one attached hydrogen (secondary N) is 1. The number of benzene rings is 1. The van der Waals surface area contributed by atoms with Gasteiger partial charge in [0.25, 0.3) is 0 Å². The molecule has 0 bridgehead atoms. The van der Waals surface area contributed by atoms with Gasteiger partial charge in [0.1, 0.15) is 5.76 Å². The lowest BCUT2D eigenvalue weighted by Crippen LogP contribution is -2.32. The number of aryl methyl sites for hydroxylation is 2. The van der Waals surface area contributed by atoms with Crippen molar-refractivity contribution in [3.05, 3.63) is 53.5 Å². The zero-order valence-electron chi connectivity index (χ0n) is 14.8. The van der Waals surface area contributed by atoms with Crippen LogP contribution in [0.3, 0.4) is 0 Å². The van der Waals surface area contributed by atoms with Gasteiger partial charge >= 0.3 is 0 Å². The van der Waals surface area contributed by atoms with Crippen LogP contribution in [-0.4, -0.2) is 27.1 Å². The summed E-state index contributed by atoms with van der Waals surface area (Å²) in [6, 6.07) is 9.21. The molecule has 0 aliphatic heterocycles. The number of anilines is 1. The van der Waals surface area contributed by atoms with Crippen LogP contribution in [0.4, 0.5) is 5.69 Å². The van der Waals surface area contributed by atoms with Gasteiger partial charge in [-0.2, -0.15) is 0 Å². The zero-order valence-corrected chi connectivity index (χ0v) is 15.6. The SMILES string of the molecule is Cc1cc(C)cc(N(CCCC(=O)NCc2ccco2)S(C)(=O)=O)c1. The van der Waals surface area contributed by atoms with E-state index in [1.54, 1.807) is 18.4 Å². The number of hydrogen-bond donors (Lipinski definition) is 1. The molecule has 1 aromatic heterocycles. The van der Waals surface area contributed by atoms with Gasteiger partial charge in [-0.05, 0) is 55.7 Å². The number of carbonyl (C=O) groups is 1. The number of carbonyl (C=O) groups excluding carboxylic acids is 1. The maximum atomic E-state index is 12.1. The monoisotopic (exact) mass is 364 g/mol. The highest BCUT2D eigenvalue weighted by Gasteiger charge is 2.18. The van der Waals surface area contributed by atoms with Gasteiger partial charge in [0, 0.05) is 13.0 Å². The highest BCUT2D eigenvalue weighted by atomic mass is 32.2. The Morgan fingerprint density at radius 1 is 1.20 bits per heavy atom. The Bertz CT molecular complexity index is 793. The summed E-state index contributed by atoms with van der Waals surface area (Å²) in [4.78, 5) is 11.9. The predicted molar refractivity (Wildman–Crippen MR) is 97.9 cm³/mol. The predicted octanol–water partition coefficient (Wildman–Crippen LogP) is 2.76. The lowest BCUT2D eigenvalue weighted by Gasteiger charge is -2.23. The second kappa shape index (κ2) is 8.20. The third-order valence-corrected chi connectivity index (χ3v) is 4.89.